The maximum atomic E-state index is 14.1. The van der Waals surface area contributed by atoms with Crippen LogP contribution in [-0.4, -0.2) is 38.0 Å². The maximum absolute atomic E-state index is 14.1. The minimum atomic E-state index is -0.801. The summed E-state index contributed by atoms with van der Waals surface area (Å²) in [5.74, 6) is 1.59. The standard InChI is InChI=1S/C36H35ClN2O7S/c1-6-9-25-16-23(17-30(42-4)33(25)46-21-22-10-13-26(37)14-11-22)18-31-34(40)39-32(27(35(41)43-5)20-38-36(39)47-31)24-12-15-28(44-7-2)29(19-24)45-8-3/h6,10-20,32H,1,7-9,21H2,2-5H3/b31-18-/t32-/m1/s1. The number of halogens is 1. The number of rotatable bonds is 13. The van der Waals surface area contributed by atoms with Crippen LogP contribution in [0.3, 0.4) is 0 Å². The predicted octanol–water partition coefficient (Wildman–Crippen LogP) is 5.79. The van der Waals surface area contributed by atoms with E-state index < -0.39 is 12.0 Å². The van der Waals surface area contributed by atoms with Crippen LogP contribution in [0.25, 0.3) is 6.08 Å². The second-order valence-corrected chi connectivity index (χ2v) is 11.8. The average molecular weight is 675 g/mol. The molecule has 1 atom stereocenters. The highest BCUT2D eigenvalue weighted by atomic mass is 35.5. The lowest BCUT2D eigenvalue weighted by Gasteiger charge is -2.23. The van der Waals surface area contributed by atoms with Gasteiger partial charge >= 0.3 is 5.97 Å². The summed E-state index contributed by atoms with van der Waals surface area (Å²) in [6.45, 7) is 8.85. The van der Waals surface area contributed by atoms with E-state index in [1.54, 1.807) is 31.4 Å². The summed E-state index contributed by atoms with van der Waals surface area (Å²) in [5.41, 5.74) is 3.08. The molecule has 0 spiro atoms. The smallest absolute Gasteiger partial charge is 0.337 e. The zero-order chi connectivity index (χ0) is 33.5. The molecule has 2 heterocycles. The van der Waals surface area contributed by atoms with Crippen molar-refractivity contribution < 1.29 is 28.5 Å². The lowest BCUT2D eigenvalue weighted by molar-refractivity contribution is -0.136. The molecular formula is C36H35ClN2O7S. The SMILES string of the molecule is C=CCc1cc(/C=c2\sc3n(c2=O)[C@H](c2ccc(OCC)c(OCC)c2)C(C(=O)OC)=CN=3)cc(OC)c1OCc1ccc(Cl)cc1. The van der Waals surface area contributed by atoms with Gasteiger partial charge in [0.05, 0.1) is 43.6 Å². The second-order valence-electron chi connectivity index (χ2n) is 10.4. The summed E-state index contributed by atoms with van der Waals surface area (Å²) in [5, 5.41) is 0.649. The topological polar surface area (TPSA) is 97.6 Å². The Hall–Kier alpha value is -4.80. The van der Waals surface area contributed by atoms with Crippen molar-refractivity contribution in [3.8, 4) is 23.0 Å². The van der Waals surface area contributed by atoms with Crippen LogP contribution in [0, 0.1) is 0 Å². The van der Waals surface area contributed by atoms with E-state index in [2.05, 4.69) is 11.6 Å². The third kappa shape index (κ3) is 7.29. The van der Waals surface area contributed by atoms with Crippen molar-refractivity contribution >= 4 is 35.0 Å². The average Bonchev–Trinajstić information content (AvgIpc) is 3.39. The van der Waals surface area contributed by atoms with Crippen LogP contribution in [0.15, 0.2) is 88.8 Å². The van der Waals surface area contributed by atoms with Crippen LogP contribution < -0.4 is 33.8 Å². The molecule has 0 unspecified atom stereocenters. The molecule has 0 N–H and O–H groups in total. The molecule has 47 heavy (non-hydrogen) atoms. The largest absolute Gasteiger partial charge is 0.493 e. The van der Waals surface area contributed by atoms with E-state index in [0.29, 0.717) is 69.2 Å². The molecule has 0 amide bonds. The van der Waals surface area contributed by atoms with E-state index >= 15 is 0 Å². The number of hydrogen-bond acceptors (Lipinski definition) is 9. The van der Waals surface area contributed by atoms with Gasteiger partial charge in [0, 0.05) is 16.8 Å². The number of esters is 1. The van der Waals surface area contributed by atoms with Gasteiger partial charge in [0.2, 0.25) is 0 Å². The second kappa shape index (κ2) is 15.2. The first-order valence-corrected chi connectivity index (χ1v) is 16.2. The van der Waals surface area contributed by atoms with Crippen molar-refractivity contribution in [3.63, 3.8) is 0 Å². The number of ether oxygens (including phenoxy) is 5. The molecule has 11 heteroatoms. The summed E-state index contributed by atoms with van der Waals surface area (Å²) in [7, 11) is 2.87. The van der Waals surface area contributed by atoms with Gasteiger partial charge in [-0.05, 0) is 79.4 Å². The number of fused-ring (bicyclic) bond motifs is 1. The third-order valence-electron chi connectivity index (χ3n) is 7.34. The number of methoxy groups -OCH3 is 2. The molecule has 244 valence electrons. The van der Waals surface area contributed by atoms with Crippen LogP contribution >= 0.6 is 22.9 Å². The number of carbonyl (C=O) groups is 1. The summed E-state index contributed by atoms with van der Waals surface area (Å²) in [6.07, 6.45) is 5.53. The van der Waals surface area contributed by atoms with Crippen molar-refractivity contribution in [2.24, 2.45) is 4.99 Å². The van der Waals surface area contributed by atoms with Gasteiger partial charge in [-0.2, -0.15) is 0 Å². The number of carbonyl (C=O) groups excluding carboxylic acids is 1. The Bertz CT molecular complexity index is 2000. The Labute approximate surface area is 281 Å². The van der Waals surface area contributed by atoms with Gasteiger partial charge in [-0.1, -0.05) is 47.2 Å². The maximum Gasteiger partial charge on any atom is 0.337 e. The van der Waals surface area contributed by atoms with E-state index in [1.807, 2.05) is 56.3 Å². The molecule has 4 aromatic rings. The predicted molar refractivity (Wildman–Crippen MR) is 183 cm³/mol. The van der Waals surface area contributed by atoms with E-state index in [9.17, 15) is 9.59 Å². The number of allylic oxidation sites excluding steroid dienone is 1. The fourth-order valence-corrected chi connectivity index (χ4v) is 6.36. The van der Waals surface area contributed by atoms with Crippen LogP contribution in [0.2, 0.25) is 5.02 Å². The molecule has 1 aromatic heterocycles. The summed E-state index contributed by atoms with van der Waals surface area (Å²) >= 11 is 7.26. The first kappa shape index (κ1) is 33.6. The zero-order valence-electron chi connectivity index (χ0n) is 26.6. The Morgan fingerprint density at radius 1 is 1.00 bits per heavy atom. The van der Waals surface area contributed by atoms with Crippen LogP contribution in [-0.2, 0) is 22.6 Å². The molecule has 0 bridgehead atoms. The van der Waals surface area contributed by atoms with Crippen molar-refractivity contribution in [2.75, 3.05) is 27.4 Å². The number of thiazole rings is 1. The van der Waals surface area contributed by atoms with Gasteiger partial charge in [0.25, 0.3) is 5.56 Å². The first-order chi connectivity index (χ1) is 22.8. The fourth-order valence-electron chi connectivity index (χ4n) is 5.26. The molecular weight excluding hydrogens is 640 g/mol. The van der Waals surface area contributed by atoms with E-state index in [1.165, 1.54) is 29.2 Å². The molecule has 0 saturated heterocycles. The molecule has 1 aliphatic heterocycles. The minimum absolute atomic E-state index is 0.218. The molecule has 0 radical (unpaired) electrons. The Balaban J connectivity index is 1.59. The first-order valence-electron chi connectivity index (χ1n) is 15.0. The summed E-state index contributed by atoms with van der Waals surface area (Å²) in [4.78, 5) is 32.0. The van der Waals surface area contributed by atoms with Crippen LogP contribution in [0.1, 0.15) is 42.1 Å². The third-order valence-corrected chi connectivity index (χ3v) is 8.59. The van der Waals surface area contributed by atoms with Gasteiger partial charge in [-0.3, -0.25) is 9.36 Å². The Morgan fingerprint density at radius 2 is 1.74 bits per heavy atom. The molecule has 9 nitrogen and oxygen atoms in total. The van der Waals surface area contributed by atoms with Gasteiger partial charge in [0.15, 0.2) is 27.8 Å². The Kier molecular flexibility index (Phi) is 10.8. The molecule has 0 saturated carbocycles. The van der Waals surface area contributed by atoms with Gasteiger partial charge in [-0.15, -0.1) is 6.58 Å². The normalized spacial score (nSPS) is 14.0. The molecule has 1 aliphatic rings. The van der Waals surface area contributed by atoms with Crippen molar-refractivity contribution in [1.29, 1.82) is 0 Å². The van der Waals surface area contributed by atoms with Gasteiger partial charge in [0.1, 0.15) is 6.61 Å². The van der Waals surface area contributed by atoms with Gasteiger partial charge < -0.3 is 23.7 Å². The van der Waals surface area contributed by atoms with Crippen LogP contribution in [0.5, 0.6) is 23.0 Å². The van der Waals surface area contributed by atoms with Crippen LogP contribution in [0.4, 0.5) is 0 Å². The number of nitrogens with zero attached hydrogens (tertiary/aromatic N) is 2. The highest BCUT2D eigenvalue weighted by molar-refractivity contribution is 7.07. The Morgan fingerprint density at radius 3 is 2.43 bits per heavy atom. The van der Waals surface area contributed by atoms with E-state index in [-0.39, 0.29) is 11.1 Å². The monoisotopic (exact) mass is 674 g/mol. The summed E-state index contributed by atoms with van der Waals surface area (Å²) in [6, 6.07) is 15.8. The van der Waals surface area contributed by atoms with E-state index in [4.69, 9.17) is 35.3 Å². The minimum Gasteiger partial charge on any atom is -0.493 e. The highest BCUT2D eigenvalue weighted by Crippen LogP contribution is 2.36. The lowest BCUT2D eigenvalue weighted by Crippen LogP contribution is -2.39. The number of aromatic nitrogens is 1. The van der Waals surface area contributed by atoms with Gasteiger partial charge in [-0.25, -0.2) is 9.79 Å². The number of benzene rings is 3. The molecule has 5 rings (SSSR count). The summed E-state index contributed by atoms with van der Waals surface area (Å²) < 4.78 is 30.5. The lowest BCUT2D eigenvalue weighted by atomic mass is 9.97. The quantitative estimate of drug-likeness (QED) is 0.131. The van der Waals surface area contributed by atoms with E-state index in [0.717, 1.165) is 16.7 Å². The number of hydrogen-bond donors (Lipinski definition) is 0. The molecule has 0 fully saturated rings. The van der Waals surface area contributed by atoms with Crippen molar-refractivity contribution in [1.82, 2.24) is 4.57 Å². The zero-order valence-corrected chi connectivity index (χ0v) is 28.2. The fraction of sp³-hybridized carbons (Fsp3) is 0.250. The van der Waals surface area contributed by atoms with Crippen molar-refractivity contribution in [2.45, 2.75) is 32.9 Å². The molecule has 3 aromatic carbocycles. The van der Waals surface area contributed by atoms with Crippen molar-refractivity contribution in [3.05, 3.63) is 126 Å². The highest BCUT2D eigenvalue weighted by Gasteiger charge is 2.31. The molecule has 0 aliphatic carbocycles.